The molecule has 0 saturated heterocycles. The van der Waals surface area contributed by atoms with E-state index in [0.717, 1.165) is 5.56 Å². The molecule has 3 nitrogen and oxygen atoms in total. The largest absolute Gasteiger partial charge is 0.276 e. The molecule has 98 valence electrons. The van der Waals surface area contributed by atoms with E-state index in [1.165, 1.54) is 0 Å². The highest BCUT2D eigenvalue weighted by molar-refractivity contribution is 7.91. The first-order valence-electron chi connectivity index (χ1n) is 5.87. The molecule has 0 fully saturated rings. The molecular formula is C15H15NO2S. The normalized spacial score (nSPS) is 12.9. The Hall–Kier alpha value is -1.94. The van der Waals surface area contributed by atoms with Crippen molar-refractivity contribution < 1.29 is 8.42 Å². The highest BCUT2D eigenvalue weighted by Crippen LogP contribution is 2.29. The van der Waals surface area contributed by atoms with Gasteiger partial charge in [0.15, 0.2) is 5.37 Å². The van der Waals surface area contributed by atoms with Crippen molar-refractivity contribution in [3.05, 3.63) is 65.7 Å². The summed E-state index contributed by atoms with van der Waals surface area (Å²) < 4.78 is 25.1. The maximum Gasteiger partial charge on any atom is 0.205 e. The molecule has 0 N–H and O–H groups in total. The first kappa shape index (κ1) is 13.5. The van der Waals surface area contributed by atoms with Gasteiger partial charge in [0.1, 0.15) is 0 Å². The molecular weight excluding hydrogens is 258 g/mol. The van der Waals surface area contributed by atoms with Crippen molar-refractivity contribution in [3.8, 4) is 0 Å². The summed E-state index contributed by atoms with van der Waals surface area (Å²) in [6.45, 7) is 5.33. The maximum atomic E-state index is 12.5. The Morgan fingerprint density at radius 1 is 1.00 bits per heavy atom. The number of sulfone groups is 1. The molecule has 19 heavy (non-hydrogen) atoms. The van der Waals surface area contributed by atoms with Crippen molar-refractivity contribution in [1.82, 2.24) is 0 Å². The number of aliphatic imine (C=N–C) groups is 1. The molecule has 0 heterocycles. The molecule has 0 saturated carbocycles. The first-order chi connectivity index (χ1) is 9.05. The molecule has 1 unspecified atom stereocenters. The Kier molecular flexibility index (Phi) is 3.81. The first-order valence-corrected chi connectivity index (χ1v) is 7.41. The van der Waals surface area contributed by atoms with Gasteiger partial charge in [-0.3, -0.25) is 4.99 Å². The highest BCUT2D eigenvalue weighted by Gasteiger charge is 2.27. The van der Waals surface area contributed by atoms with Gasteiger partial charge in [0, 0.05) is 0 Å². The third-order valence-corrected chi connectivity index (χ3v) is 4.83. The van der Waals surface area contributed by atoms with E-state index in [0.29, 0.717) is 5.56 Å². The lowest BCUT2D eigenvalue weighted by Crippen LogP contribution is -2.11. The molecule has 2 rings (SSSR count). The van der Waals surface area contributed by atoms with Crippen molar-refractivity contribution in [2.45, 2.75) is 17.2 Å². The number of benzene rings is 2. The fraction of sp³-hybridized carbons (Fsp3) is 0.133. The summed E-state index contributed by atoms with van der Waals surface area (Å²) in [6.07, 6.45) is 0. The van der Waals surface area contributed by atoms with Crippen molar-refractivity contribution in [2.75, 3.05) is 0 Å². The molecule has 0 spiro atoms. The Bertz CT molecular complexity index is 661. The third kappa shape index (κ3) is 2.74. The minimum Gasteiger partial charge on any atom is -0.276 e. The Balaban J connectivity index is 2.48. The van der Waals surface area contributed by atoms with Gasteiger partial charge < -0.3 is 0 Å². The van der Waals surface area contributed by atoms with Gasteiger partial charge in [-0.05, 0) is 31.3 Å². The molecule has 0 aromatic heterocycles. The van der Waals surface area contributed by atoms with Gasteiger partial charge >= 0.3 is 0 Å². The topological polar surface area (TPSA) is 46.5 Å². The van der Waals surface area contributed by atoms with Crippen molar-refractivity contribution in [2.24, 2.45) is 4.99 Å². The van der Waals surface area contributed by atoms with Gasteiger partial charge in [0.25, 0.3) is 0 Å². The highest BCUT2D eigenvalue weighted by atomic mass is 32.2. The minimum atomic E-state index is -3.55. The van der Waals surface area contributed by atoms with Crippen LogP contribution in [0.4, 0.5) is 0 Å². The molecule has 0 amide bonds. The van der Waals surface area contributed by atoms with Crippen molar-refractivity contribution in [1.29, 1.82) is 0 Å². The quantitative estimate of drug-likeness (QED) is 0.803. The van der Waals surface area contributed by atoms with E-state index in [1.54, 1.807) is 48.5 Å². The maximum absolute atomic E-state index is 12.5. The third-order valence-electron chi connectivity index (χ3n) is 2.89. The van der Waals surface area contributed by atoms with E-state index >= 15 is 0 Å². The monoisotopic (exact) mass is 273 g/mol. The second-order valence-corrected chi connectivity index (χ2v) is 6.31. The summed E-state index contributed by atoms with van der Waals surface area (Å²) >= 11 is 0. The molecule has 2 aromatic carbocycles. The molecule has 0 radical (unpaired) electrons. The van der Waals surface area contributed by atoms with Crippen LogP contribution in [0.5, 0.6) is 0 Å². The predicted molar refractivity (Wildman–Crippen MR) is 77.1 cm³/mol. The standard InChI is InChI=1S/C15H15NO2S/c1-12-8-10-14(11-9-12)19(17,18)15(16-2)13-6-4-3-5-7-13/h3-11,15H,2H2,1H3. The lowest BCUT2D eigenvalue weighted by atomic mass is 10.2. The lowest BCUT2D eigenvalue weighted by Gasteiger charge is -2.13. The zero-order valence-electron chi connectivity index (χ0n) is 10.7. The lowest BCUT2D eigenvalue weighted by molar-refractivity contribution is 0.584. The van der Waals surface area contributed by atoms with Gasteiger partial charge in [-0.25, -0.2) is 8.42 Å². The van der Waals surface area contributed by atoms with Crippen LogP contribution in [0, 0.1) is 6.92 Å². The number of aryl methyl sites for hydroxylation is 1. The summed E-state index contributed by atoms with van der Waals surface area (Å²) in [4.78, 5) is 4.05. The second kappa shape index (κ2) is 5.36. The smallest absolute Gasteiger partial charge is 0.205 e. The molecule has 0 aliphatic heterocycles. The van der Waals surface area contributed by atoms with E-state index in [-0.39, 0.29) is 4.90 Å². The van der Waals surface area contributed by atoms with Gasteiger partial charge in [-0.2, -0.15) is 0 Å². The van der Waals surface area contributed by atoms with Crippen molar-refractivity contribution in [3.63, 3.8) is 0 Å². The van der Waals surface area contributed by atoms with E-state index in [4.69, 9.17) is 0 Å². The minimum absolute atomic E-state index is 0.263. The molecule has 2 aromatic rings. The summed E-state index contributed by atoms with van der Waals surface area (Å²) in [6, 6.07) is 15.7. The summed E-state index contributed by atoms with van der Waals surface area (Å²) in [5.74, 6) is 0. The van der Waals surface area contributed by atoms with E-state index < -0.39 is 15.2 Å². The van der Waals surface area contributed by atoms with Crippen LogP contribution in [0.1, 0.15) is 16.5 Å². The van der Waals surface area contributed by atoms with Crippen LogP contribution >= 0.6 is 0 Å². The molecule has 0 bridgehead atoms. The fourth-order valence-electron chi connectivity index (χ4n) is 1.86. The Morgan fingerprint density at radius 3 is 2.11 bits per heavy atom. The van der Waals surface area contributed by atoms with Crippen molar-refractivity contribution >= 4 is 16.6 Å². The number of hydrogen-bond donors (Lipinski definition) is 0. The van der Waals surface area contributed by atoms with Crippen LogP contribution in [0.3, 0.4) is 0 Å². The number of rotatable bonds is 4. The zero-order chi connectivity index (χ0) is 13.9. The predicted octanol–water partition coefficient (Wildman–Crippen LogP) is 3.17. The molecule has 1 atom stereocenters. The van der Waals surface area contributed by atoms with Gasteiger partial charge in [-0.1, -0.05) is 48.0 Å². The average Bonchev–Trinajstić information content (AvgIpc) is 2.41. The van der Waals surface area contributed by atoms with E-state index in [9.17, 15) is 8.42 Å². The number of hydrogen-bond acceptors (Lipinski definition) is 3. The summed E-state index contributed by atoms with van der Waals surface area (Å²) in [5, 5.41) is -0.962. The van der Waals surface area contributed by atoms with Crippen LogP contribution < -0.4 is 0 Å². The van der Waals surface area contributed by atoms with Gasteiger partial charge in [0.2, 0.25) is 9.84 Å². The van der Waals surface area contributed by atoms with Crippen LogP contribution in [0.15, 0.2) is 64.5 Å². The van der Waals surface area contributed by atoms with Crippen LogP contribution in [0.2, 0.25) is 0 Å². The SMILES string of the molecule is C=NC(c1ccccc1)S(=O)(=O)c1ccc(C)cc1. The van der Waals surface area contributed by atoms with Gasteiger partial charge in [-0.15, -0.1) is 0 Å². The number of nitrogens with zero attached hydrogens (tertiary/aromatic N) is 1. The zero-order valence-corrected chi connectivity index (χ0v) is 11.5. The summed E-state index contributed by atoms with van der Waals surface area (Å²) in [7, 11) is -3.55. The van der Waals surface area contributed by atoms with Crippen LogP contribution in [-0.2, 0) is 9.84 Å². The van der Waals surface area contributed by atoms with Gasteiger partial charge in [0.05, 0.1) is 4.90 Å². The van der Waals surface area contributed by atoms with E-state index in [2.05, 4.69) is 11.7 Å². The molecule has 4 heteroatoms. The molecule has 0 aliphatic carbocycles. The van der Waals surface area contributed by atoms with Crippen LogP contribution in [-0.4, -0.2) is 15.1 Å². The summed E-state index contributed by atoms with van der Waals surface area (Å²) in [5.41, 5.74) is 1.64. The Labute approximate surface area is 113 Å². The van der Waals surface area contributed by atoms with E-state index in [1.807, 2.05) is 13.0 Å². The Morgan fingerprint density at radius 2 is 1.58 bits per heavy atom. The fourth-order valence-corrected chi connectivity index (χ4v) is 3.34. The second-order valence-electron chi connectivity index (χ2n) is 4.30. The van der Waals surface area contributed by atoms with Crippen LogP contribution in [0.25, 0.3) is 0 Å². The average molecular weight is 273 g/mol. The molecule has 0 aliphatic rings.